The molecule has 0 aliphatic heterocycles. The summed E-state index contributed by atoms with van der Waals surface area (Å²) in [5, 5.41) is 0. The first-order chi connectivity index (χ1) is 7.93. The van der Waals surface area contributed by atoms with Crippen LogP contribution in [0.25, 0.3) is 11.0 Å². The van der Waals surface area contributed by atoms with E-state index in [9.17, 15) is 13.2 Å². The lowest BCUT2D eigenvalue weighted by atomic mass is 10.3. The highest BCUT2D eigenvalue weighted by molar-refractivity contribution is 7.89. The van der Waals surface area contributed by atoms with Gasteiger partial charge in [-0.3, -0.25) is 0 Å². The van der Waals surface area contributed by atoms with Crippen LogP contribution in [0.4, 0.5) is 0 Å². The summed E-state index contributed by atoms with van der Waals surface area (Å²) < 4.78 is 28.5. The summed E-state index contributed by atoms with van der Waals surface area (Å²) in [7, 11) is -2.10. The molecule has 0 N–H and O–H groups in total. The molecule has 0 radical (unpaired) electrons. The normalized spacial score (nSPS) is 11.6. The van der Waals surface area contributed by atoms with Crippen LogP contribution in [0.15, 0.2) is 24.4 Å². The number of esters is 1. The average molecular weight is 254 g/mol. The van der Waals surface area contributed by atoms with Gasteiger partial charge in [0.1, 0.15) is 5.69 Å². The molecule has 90 valence electrons. The Morgan fingerprint density at radius 2 is 2.06 bits per heavy atom. The fourth-order valence-electron chi connectivity index (χ4n) is 1.50. The summed E-state index contributed by atoms with van der Waals surface area (Å²) in [6.07, 6.45) is 2.49. The minimum atomic E-state index is -3.36. The van der Waals surface area contributed by atoms with Crippen molar-refractivity contribution in [3.63, 3.8) is 0 Å². The van der Waals surface area contributed by atoms with Crippen LogP contribution in [0.1, 0.15) is 10.5 Å². The third kappa shape index (κ3) is 2.01. The van der Waals surface area contributed by atoms with Gasteiger partial charge in [0, 0.05) is 6.20 Å². The highest BCUT2D eigenvalue weighted by atomic mass is 32.2. The molecule has 2 aromatic heterocycles. The monoisotopic (exact) mass is 254 g/mol. The van der Waals surface area contributed by atoms with Gasteiger partial charge < -0.3 is 4.74 Å². The van der Waals surface area contributed by atoms with Gasteiger partial charge in [-0.1, -0.05) is 0 Å². The Labute approximate surface area is 97.9 Å². The lowest BCUT2D eigenvalue weighted by Gasteiger charge is -2.02. The Hall–Kier alpha value is -1.89. The van der Waals surface area contributed by atoms with E-state index in [1.54, 1.807) is 0 Å². The first-order valence-corrected chi connectivity index (χ1v) is 6.55. The Morgan fingerprint density at radius 3 is 2.65 bits per heavy atom. The fourth-order valence-corrected chi connectivity index (χ4v) is 2.30. The zero-order valence-corrected chi connectivity index (χ0v) is 10.1. The number of hydrogen-bond donors (Lipinski definition) is 0. The van der Waals surface area contributed by atoms with E-state index in [0.29, 0.717) is 11.0 Å². The predicted molar refractivity (Wildman–Crippen MR) is 61.3 cm³/mol. The summed E-state index contributed by atoms with van der Waals surface area (Å²) in [5.74, 6) is -0.556. The number of methoxy groups -OCH3 is 1. The van der Waals surface area contributed by atoms with Crippen molar-refractivity contribution in [3.05, 3.63) is 30.1 Å². The summed E-state index contributed by atoms with van der Waals surface area (Å²) in [6.45, 7) is 0. The number of rotatable bonds is 2. The highest BCUT2D eigenvalue weighted by Gasteiger charge is 2.13. The molecule has 0 bridgehead atoms. The molecule has 0 unspecified atom stereocenters. The van der Waals surface area contributed by atoms with Gasteiger partial charge in [0.15, 0.2) is 0 Å². The number of carbonyl (C=O) groups is 1. The van der Waals surface area contributed by atoms with E-state index in [-0.39, 0.29) is 5.69 Å². The standard InChI is InChI=1S/C10H10N2O4S/c1-16-10(13)8-3-4-9-7(11-8)5-6-12(9)17(2,14)15/h3-6H,1-2H3. The van der Waals surface area contributed by atoms with Gasteiger partial charge in [-0.25, -0.2) is 22.2 Å². The Morgan fingerprint density at radius 1 is 1.35 bits per heavy atom. The van der Waals surface area contributed by atoms with Crippen LogP contribution < -0.4 is 0 Å². The van der Waals surface area contributed by atoms with Crippen molar-refractivity contribution in [2.45, 2.75) is 0 Å². The molecule has 0 aliphatic carbocycles. The minimum absolute atomic E-state index is 0.145. The van der Waals surface area contributed by atoms with Crippen molar-refractivity contribution >= 4 is 27.0 Å². The molecule has 7 heteroatoms. The number of hydrogen-bond acceptors (Lipinski definition) is 5. The summed E-state index contributed by atoms with van der Waals surface area (Å²) >= 11 is 0. The minimum Gasteiger partial charge on any atom is -0.464 e. The largest absolute Gasteiger partial charge is 0.464 e. The van der Waals surface area contributed by atoms with Gasteiger partial charge in [0.2, 0.25) is 10.0 Å². The molecule has 2 rings (SSSR count). The van der Waals surface area contributed by atoms with E-state index in [4.69, 9.17) is 0 Å². The number of carbonyl (C=O) groups excluding carboxylic acids is 1. The average Bonchev–Trinajstić information content (AvgIpc) is 2.70. The lowest BCUT2D eigenvalue weighted by molar-refractivity contribution is 0.0594. The van der Waals surface area contributed by atoms with E-state index in [1.807, 2.05) is 0 Å². The number of pyridine rings is 1. The van der Waals surface area contributed by atoms with Crippen LogP contribution in [0.2, 0.25) is 0 Å². The van der Waals surface area contributed by atoms with E-state index < -0.39 is 16.0 Å². The molecule has 0 saturated heterocycles. The number of fused-ring (bicyclic) bond motifs is 1. The van der Waals surface area contributed by atoms with Crippen LogP contribution in [0.3, 0.4) is 0 Å². The molecule has 2 aromatic rings. The number of aromatic nitrogens is 2. The van der Waals surface area contributed by atoms with Gasteiger partial charge in [-0.15, -0.1) is 0 Å². The lowest BCUT2D eigenvalue weighted by Crippen LogP contribution is -2.09. The van der Waals surface area contributed by atoms with Gasteiger partial charge in [-0.2, -0.15) is 0 Å². The van der Waals surface area contributed by atoms with Crippen molar-refractivity contribution in [2.24, 2.45) is 0 Å². The smallest absolute Gasteiger partial charge is 0.356 e. The van der Waals surface area contributed by atoms with Crippen LogP contribution in [0.5, 0.6) is 0 Å². The number of nitrogens with zero attached hydrogens (tertiary/aromatic N) is 2. The summed E-state index contributed by atoms with van der Waals surface area (Å²) in [5.41, 5.74) is 1.00. The fraction of sp³-hybridized carbons (Fsp3) is 0.200. The van der Waals surface area contributed by atoms with Crippen LogP contribution >= 0.6 is 0 Å². The van der Waals surface area contributed by atoms with Crippen LogP contribution in [-0.2, 0) is 14.8 Å². The molecule has 0 aliphatic rings. The summed E-state index contributed by atoms with van der Waals surface area (Å²) in [6, 6.07) is 4.48. The van der Waals surface area contributed by atoms with Crippen molar-refractivity contribution in [1.29, 1.82) is 0 Å². The first kappa shape index (κ1) is 11.6. The molecule has 0 fully saturated rings. The summed E-state index contributed by atoms with van der Waals surface area (Å²) in [4.78, 5) is 15.3. The maximum Gasteiger partial charge on any atom is 0.356 e. The Bertz CT molecular complexity index is 687. The Kier molecular flexibility index (Phi) is 2.62. The van der Waals surface area contributed by atoms with E-state index in [1.165, 1.54) is 31.5 Å². The zero-order chi connectivity index (χ0) is 12.6. The van der Waals surface area contributed by atoms with Gasteiger partial charge in [0.05, 0.1) is 24.4 Å². The van der Waals surface area contributed by atoms with Crippen LogP contribution in [0, 0.1) is 0 Å². The molecule has 0 saturated carbocycles. The number of ether oxygens (including phenoxy) is 1. The van der Waals surface area contributed by atoms with Crippen molar-refractivity contribution in [3.8, 4) is 0 Å². The highest BCUT2D eigenvalue weighted by Crippen LogP contribution is 2.16. The van der Waals surface area contributed by atoms with Gasteiger partial charge in [-0.05, 0) is 18.2 Å². The second kappa shape index (κ2) is 3.85. The van der Waals surface area contributed by atoms with E-state index in [2.05, 4.69) is 9.72 Å². The van der Waals surface area contributed by atoms with Gasteiger partial charge >= 0.3 is 5.97 Å². The topological polar surface area (TPSA) is 78.3 Å². The quantitative estimate of drug-likeness (QED) is 0.734. The Balaban J connectivity index is 2.64. The molecule has 0 amide bonds. The SMILES string of the molecule is COC(=O)c1ccc2c(ccn2S(C)(=O)=O)n1. The molecule has 2 heterocycles. The molecule has 0 spiro atoms. The van der Waals surface area contributed by atoms with E-state index in [0.717, 1.165) is 10.2 Å². The third-order valence-electron chi connectivity index (χ3n) is 2.26. The maximum absolute atomic E-state index is 11.4. The molecule has 0 aromatic carbocycles. The molecule has 6 nitrogen and oxygen atoms in total. The second-order valence-electron chi connectivity index (χ2n) is 3.47. The first-order valence-electron chi connectivity index (χ1n) is 4.70. The van der Waals surface area contributed by atoms with E-state index >= 15 is 0 Å². The molecular formula is C10H10N2O4S. The maximum atomic E-state index is 11.4. The second-order valence-corrected chi connectivity index (χ2v) is 5.33. The van der Waals surface area contributed by atoms with Gasteiger partial charge in [0.25, 0.3) is 0 Å². The zero-order valence-electron chi connectivity index (χ0n) is 9.25. The molecular weight excluding hydrogens is 244 g/mol. The third-order valence-corrected chi connectivity index (χ3v) is 3.29. The molecule has 17 heavy (non-hydrogen) atoms. The van der Waals surface area contributed by atoms with Crippen LogP contribution in [-0.4, -0.2) is 36.7 Å². The van der Waals surface area contributed by atoms with Crippen molar-refractivity contribution < 1.29 is 17.9 Å². The van der Waals surface area contributed by atoms with Crippen molar-refractivity contribution in [1.82, 2.24) is 8.96 Å². The predicted octanol–water partition coefficient (Wildman–Crippen LogP) is 0.631. The van der Waals surface area contributed by atoms with Crippen molar-refractivity contribution in [2.75, 3.05) is 13.4 Å². The molecule has 0 atom stereocenters.